The topological polar surface area (TPSA) is 66.5 Å². The molecule has 28 heavy (non-hydrogen) atoms. The van der Waals surface area contributed by atoms with Crippen molar-refractivity contribution in [2.75, 3.05) is 12.0 Å². The second-order valence-electron chi connectivity index (χ2n) is 8.46. The molecule has 2 saturated carbocycles. The van der Waals surface area contributed by atoms with E-state index in [0.717, 1.165) is 5.92 Å². The van der Waals surface area contributed by atoms with E-state index in [1.807, 2.05) is 6.26 Å². The molecule has 3 aliphatic rings. The molecule has 1 aliphatic heterocycles. The van der Waals surface area contributed by atoms with Crippen molar-refractivity contribution < 1.29 is 14.4 Å². The predicted molar refractivity (Wildman–Crippen MR) is 110 cm³/mol. The van der Waals surface area contributed by atoms with Crippen molar-refractivity contribution in [3.63, 3.8) is 0 Å². The maximum Gasteiger partial charge on any atom is 0.262 e. The zero-order chi connectivity index (χ0) is 19.8. The number of carbonyl (C=O) groups excluding carboxylic acids is 3. The Morgan fingerprint density at radius 2 is 1.86 bits per heavy atom. The molecule has 6 heteroatoms. The first-order chi connectivity index (χ1) is 13.5. The summed E-state index contributed by atoms with van der Waals surface area (Å²) in [5.41, 5.74) is 0.797. The second kappa shape index (κ2) is 7.90. The first kappa shape index (κ1) is 19.5. The lowest BCUT2D eigenvalue weighted by Gasteiger charge is -2.31. The van der Waals surface area contributed by atoms with Crippen molar-refractivity contribution in [3.05, 3.63) is 35.4 Å². The summed E-state index contributed by atoms with van der Waals surface area (Å²) in [4.78, 5) is 40.1. The van der Waals surface area contributed by atoms with E-state index in [2.05, 4.69) is 12.2 Å². The average molecular weight is 401 g/mol. The van der Waals surface area contributed by atoms with Gasteiger partial charge in [0.15, 0.2) is 0 Å². The predicted octanol–water partition coefficient (Wildman–Crippen LogP) is 3.35. The number of imide groups is 1. The van der Waals surface area contributed by atoms with E-state index in [1.54, 1.807) is 36.0 Å². The van der Waals surface area contributed by atoms with Gasteiger partial charge in [-0.25, -0.2) is 0 Å². The van der Waals surface area contributed by atoms with Crippen LogP contribution in [0, 0.1) is 17.8 Å². The van der Waals surface area contributed by atoms with Crippen LogP contribution in [0.25, 0.3) is 0 Å². The van der Waals surface area contributed by atoms with Crippen molar-refractivity contribution in [1.29, 1.82) is 0 Å². The molecule has 2 bridgehead atoms. The van der Waals surface area contributed by atoms with Gasteiger partial charge in [-0.2, -0.15) is 11.8 Å². The number of thioether (sulfide) groups is 1. The van der Waals surface area contributed by atoms with Gasteiger partial charge in [-0.05, 0) is 74.5 Å². The van der Waals surface area contributed by atoms with Gasteiger partial charge in [0.2, 0.25) is 5.91 Å². The van der Waals surface area contributed by atoms with E-state index in [1.165, 1.54) is 30.6 Å². The van der Waals surface area contributed by atoms with Gasteiger partial charge < -0.3 is 5.32 Å². The largest absolute Gasteiger partial charge is 0.352 e. The summed E-state index contributed by atoms with van der Waals surface area (Å²) in [7, 11) is 0. The summed E-state index contributed by atoms with van der Waals surface area (Å²) >= 11 is 1.62. The summed E-state index contributed by atoms with van der Waals surface area (Å²) in [5.74, 6) is 1.87. The molecule has 1 aromatic rings. The highest BCUT2D eigenvalue weighted by molar-refractivity contribution is 7.98. The third-order valence-corrected chi connectivity index (χ3v) is 7.48. The Hall–Kier alpha value is -1.82. The number of fused-ring (bicyclic) bond motifs is 3. The molecule has 0 spiro atoms. The summed E-state index contributed by atoms with van der Waals surface area (Å²) < 4.78 is 0. The highest BCUT2D eigenvalue weighted by atomic mass is 32.2. The van der Waals surface area contributed by atoms with Crippen molar-refractivity contribution in [2.45, 2.75) is 51.1 Å². The number of benzene rings is 1. The Kier molecular flexibility index (Phi) is 5.50. The van der Waals surface area contributed by atoms with E-state index in [9.17, 15) is 14.4 Å². The highest BCUT2D eigenvalue weighted by Crippen LogP contribution is 2.49. The first-order valence-corrected chi connectivity index (χ1v) is 11.7. The number of nitrogens with zero attached hydrogens (tertiary/aromatic N) is 1. The molecule has 0 saturated heterocycles. The summed E-state index contributed by atoms with van der Waals surface area (Å²) in [6, 6.07) is 6.16. The first-order valence-electron chi connectivity index (χ1n) is 10.3. The van der Waals surface area contributed by atoms with E-state index < -0.39 is 6.04 Å². The fourth-order valence-electron chi connectivity index (χ4n) is 5.43. The maximum atomic E-state index is 13.2. The minimum atomic E-state index is -0.749. The summed E-state index contributed by atoms with van der Waals surface area (Å²) in [6.45, 7) is 2.08. The van der Waals surface area contributed by atoms with E-state index >= 15 is 0 Å². The fraction of sp³-hybridized carbons (Fsp3) is 0.591. The molecule has 1 heterocycles. The van der Waals surface area contributed by atoms with Gasteiger partial charge in [0, 0.05) is 6.04 Å². The Morgan fingerprint density at radius 1 is 1.18 bits per heavy atom. The molecule has 2 fully saturated rings. The standard InChI is InChI=1S/C22H28N2O3S/c1-13(18-12-14-7-8-15(18)11-14)23-20(25)19(9-10-28-2)24-21(26)16-5-3-4-6-17(16)22(24)27/h3-6,13-15,18-19H,7-12H2,1-2H3,(H,23,25). The smallest absolute Gasteiger partial charge is 0.262 e. The van der Waals surface area contributed by atoms with Gasteiger partial charge in [-0.1, -0.05) is 18.6 Å². The van der Waals surface area contributed by atoms with Crippen molar-refractivity contribution in [3.8, 4) is 0 Å². The van der Waals surface area contributed by atoms with Gasteiger partial charge in [0.25, 0.3) is 11.8 Å². The van der Waals surface area contributed by atoms with E-state index in [0.29, 0.717) is 35.1 Å². The summed E-state index contributed by atoms with van der Waals surface area (Å²) in [6.07, 6.45) is 7.52. The minimum absolute atomic E-state index is 0.0785. The molecular formula is C22H28N2O3S. The van der Waals surface area contributed by atoms with Crippen LogP contribution in [0.15, 0.2) is 24.3 Å². The Bertz CT molecular complexity index is 761. The zero-order valence-corrected chi connectivity index (χ0v) is 17.3. The number of nitrogens with one attached hydrogen (secondary N) is 1. The summed E-state index contributed by atoms with van der Waals surface area (Å²) in [5, 5.41) is 3.17. The van der Waals surface area contributed by atoms with Gasteiger partial charge >= 0.3 is 0 Å². The van der Waals surface area contributed by atoms with E-state index in [-0.39, 0.29) is 23.8 Å². The van der Waals surface area contributed by atoms with Crippen molar-refractivity contribution in [2.24, 2.45) is 17.8 Å². The lowest BCUT2D eigenvalue weighted by Crippen LogP contribution is -2.53. The van der Waals surface area contributed by atoms with E-state index in [4.69, 9.17) is 0 Å². The van der Waals surface area contributed by atoms with Crippen LogP contribution in [0.5, 0.6) is 0 Å². The van der Waals surface area contributed by atoms with Crippen molar-refractivity contribution >= 4 is 29.5 Å². The molecule has 2 aliphatic carbocycles. The quantitative estimate of drug-likeness (QED) is 0.713. The molecular weight excluding hydrogens is 372 g/mol. The molecule has 5 unspecified atom stereocenters. The van der Waals surface area contributed by atoms with Gasteiger partial charge in [-0.15, -0.1) is 0 Å². The van der Waals surface area contributed by atoms with Crippen LogP contribution in [0.4, 0.5) is 0 Å². The molecule has 150 valence electrons. The Labute approximate surface area is 170 Å². The monoisotopic (exact) mass is 400 g/mol. The maximum absolute atomic E-state index is 13.2. The average Bonchev–Trinajstić information content (AvgIpc) is 3.39. The van der Waals surface area contributed by atoms with Gasteiger partial charge in [0.05, 0.1) is 11.1 Å². The number of hydrogen-bond acceptors (Lipinski definition) is 4. The van der Waals surface area contributed by atoms with Crippen LogP contribution in [0.1, 0.15) is 59.7 Å². The van der Waals surface area contributed by atoms with Crippen LogP contribution in [-0.4, -0.2) is 46.7 Å². The second-order valence-corrected chi connectivity index (χ2v) is 9.44. The number of amides is 3. The molecule has 1 N–H and O–H groups in total. The molecule has 3 amide bonds. The SMILES string of the molecule is CSCCC(C(=O)NC(C)C1CC2CCC1C2)N1C(=O)c2ccccc2C1=O. The normalized spacial score (nSPS) is 27.8. The van der Waals surface area contributed by atoms with Crippen LogP contribution in [-0.2, 0) is 4.79 Å². The number of hydrogen-bond donors (Lipinski definition) is 1. The lowest BCUT2D eigenvalue weighted by molar-refractivity contribution is -0.126. The highest BCUT2D eigenvalue weighted by Gasteiger charge is 2.45. The molecule has 5 nitrogen and oxygen atoms in total. The van der Waals surface area contributed by atoms with Crippen molar-refractivity contribution in [1.82, 2.24) is 10.2 Å². The molecule has 4 rings (SSSR count). The molecule has 5 atom stereocenters. The third kappa shape index (κ3) is 3.36. The Balaban J connectivity index is 1.50. The molecule has 1 aromatic carbocycles. The number of rotatable bonds is 7. The Morgan fingerprint density at radius 3 is 2.39 bits per heavy atom. The number of carbonyl (C=O) groups is 3. The minimum Gasteiger partial charge on any atom is -0.352 e. The lowest BCUT2D eigenvalue weighted by atomic mass is 9.84. The fourth-order valence-corrected chi connectivity index (χ4v) is 5.89. The molecule has 0 radical (unpaired) electrons. The van der Waals surface area contributed by atoms with Gasteiger partial charge in [-0.3, -0.25) is 19.3 Å². The van der Waals surface area contributed by atoms with Crippen LogP contribution in [0.2, 0.25) is 0 Å². The zero-order valence-electron chi connectivity index (χ0n) is 16.5. The van der Waals surface area contributed by atoms with Crippen LogP contribution in [0.3, 0.4) is 0 Å². The van der Waals surface area contributed by atoms with Crippen LogP contribution < -0.4 is 5.32 Å². The third-order valence-electron chi connectivity index (χ3n) is 6.84. The molecule has 0 aromatic heterocycles. The van der Waals surface area contributed by atoms with Gasteiger partial charge in [0.1, 0.15) is 6.04 Å². The van der Waals surface area contributed by atoms with Crippen LogP contribution >= 0.6 is 11.8 Å².